The second kappa shape index (κ2) is 5.80. The number of hydrogen-bond acceptors (Lipinski definition) is 3. The normalized spacial score (nSPS) is 15.2. The van der Waals surface area contributed by atoms with Crippen LogP contribution in [0.3, 0.4) is 0 Å². The molecule has 6 nitrogen and oxygen atoms in total. The number of para-hydroxylation sites is 1. The summed E-state index contributed by atoms with van der Waals surface area (Å²) in [6.45, 7) is -0.207. The second-order valence-corrected chi connectivity index (χ2v) is 7.04. The van der Waals surface area contributed by atoms with Crippen LogP contribution in [0, 0.1) is 0 Å². The molecule has 1 aromatic carbocycles. The first-order valence-corrected chi connectivity index (χ1v) is 7.85. The Hall–Kier alpha value is -1.60. The van der Waals surface area contributed by atoms with Crippen molar-refractivity contribution in [2.75, 3.05) is 24.9 Å². The Labute approximate surface area is 119 Å². The molecule has 0 heterocycles. The third-order valence-electron chi connectivity index (χ3n) is 3.01. The first kappa shape index (κ1) is 14.8. The highest BCUT2D eigenvalue weighted by atomic mass is 32.2. The summed E-state index contributed by atoms with van der Waals surface area (Å²) < 4.78 is 26.9. The quantitative estimate of drug-likeness (QED) is 0.835. The standard InChI is InChI=1S/C13H19N3O3S/c1-15(2)20(18,19)16(12-6-4-3-5-7-12)10-13(17)14-11-8-9-11/h3-7,11H,8-10H2,1-2H3,(H,14,17). The molecule has 1 fully saturated rings. The highest BCUT2D eigenvalue weighted by Crippen LogP contribution is 2.21. The smallest absolute Gasteiger partial charge is 0.304 e. The summed E-state index contributed by atoms with van der Waals surface area (Å²) in [6, 6.07) is 8.84. The Kier molecular flexibility index (Phi) is 4.29. The summed E-state index contributed by atoms with van der Waals surface area (Å²) in [5.74, 6) is -0.276. The maximum absolute atomic E-state index is 12.3. The van der Waals surface area contributed by atoms with E-state index in [9.17, 15) is 13.2 Å². The predicted octanol–water partition coefficient (Wildman–Crippen LogP) is 0.578. The average molecular weight is 297 g/mol. The third kappa shape index (κ3) is 3.49. The second-order valence-electron chi connectivity index (χ2n) is 4.97. The first-order valence-electron chi connectivity index (χ1n) is 6.46. The van der Waals surface area contributed by atoms with E-state index in [0.29, 0.717) is 5.69 Å². The van der Waals surface area contributed by atoms with Gasteiger partial charge in [-0.1, -0.05) is 18.2 Å². The van der Waals surface area contributed by atoms with Gasteiger partial charge in [-0.15, -0.1) is 0 Å². The van der Waals surface area contributed by atoms with Crippen LogP contribution in [0.4, 0.5) is 5.69 Å². The number of anilines is 1. The molecule has 1 aliphatic rings. The van der Waals surface area contributed by atoms with Gasteiger partial charge in [-0.3, -0.25) is 4.79 Å². The Bertz CT molecular complexity index is 568. The van der Waals surface area contributed by atoms with Crippen molar-refractivity contribution in [1.82, 2.24) is 9.62 Å². The van der Waals surface area contributed by atoms with E-state index in [2.05, 4.69) is 5.32 Å². The van der Waals surface area contributed by atoms with Gasteiger partial charge >= 0.3 is 10.2 Å². The number of carbonyl (C=O) groups is 1. The molecule has 1 aliphatic carbocycles. The van der Waals surface area contributed by atoms with Crippen molar-refractivity contribution in [3.8, 4) is 0 Å². The van der Waals surface area contributed by atoms with Crippen molar-refractivity contribution in [3.05, 3.63) is 30.3 Å². The minimum Gasteiger partial charge on any atom is -0.352 e. The molecule has 0 atom stereocenters. The van der Waals surface area contributed by atoms with E-state index in [0.717, 1.165) is 21.5 Å². The summed E-state index contributed by atoms with van der Waals surface area (Å²) in [5, 5.41) is 2.80. The fraction of sp³-hybridized carbons (Fsp3) is 0.462. The number of rotatable bonds is 6. The Morgan fingerprint density at radius 3 is 2.35 bits per heavy atom. The lowest BCUT2D eigenvalue weighted by atomic mass is 10.3. The van der Waals surface area contributed by atoms with Crippen LogP contribution in [0.5, 0.6) is 0 Å². The lowest BCUT2D eigenvalue weighted by molar-refractivity contribution is -0.119. The van der Waals surface area contributed by atoms with Gasteiger partial charge in [0.25, 0.3) is 0 Å². The zero-order valence-corrected chi connectivity index (χ0v) is 12.4. The number of hydrogen-bond donors (Lipinski definition) is 1. The van der Waals surface area contributed by atoms with Crippen molar-refractivity contribution in [2.24, 2.45) is 0 Å². The molecule has 20 heavy (non-hydrogen) atoms. The molecule has 0 aromatic heterocycles. The van der Waals surface area contributed by atoms with Crippen LogP contribution in [-0.2, 0) is 15.0 Å². The van der Waals surface area contributed by atoms with Gasteiger partial charge in [0.05, 0.1) is 5.69 Å². The molecule has 1 N–H and O–H groups in total. The van der Waals surface area contributed by atoms with Crippen molar-refractivity contribution < 1.29 is 13.2 Å². The maximum atomic E-state index is 12.3. The van der Waals surface area contributed by atoms with Gasteiger partial charge in [-0.25, -0.2) is 4.31 Å². The topological polar surface area (TPSA) is 69.7 Å². The van der Waals surface area contributed by atoms with Crippen LogP contribution < -0.4 is 9.62 Å². The first-order chi connectivity index (χ1) is 9.41. The van der Waals surface area contributed by atoms with Crippen LogP contribution in [0.15, 0.2) is 30.3 Å². The lowest BCUT2D eigenvalue weighted by Crippen LogP contribution is -2.46. The largest absolute Gasteiger partial charge is 0.352 e. The molecule has 2 rings (SSSR count). The van der Waals surface area contributed by atoms with Gasteiger partial charge in [0.15, 0.2) is 0 Å². The Morgan fingerprint density at radius 2 is 1.85 bits per heavy atom. The minimum absolute atomic E-state index is 0.207. The average Bonchev–Trinajstić information content (AvgIpc) is 3.20. The zero-order valence-electron chi connectivity index (χ0n) is 11.6. The molecule has 1 saturated carbocycles. The van der Waals surface area contributed by atoms with Gasteiger partial charge in [0.1, 0.15) is 6.54 Å². The van der Waals surface area contributed by atoms with Crippen LogP contribution in [-0.4, -0.2) is 45.3 Å². The Morgan fingerprint density at radius 1 is 1.25 bits per heavy atom. The molecule has 0 spiro atoms. The number of nitrogens with one attached hydrogen (secondary N) is 1. The van der Waals surface area contributed by atoms with E-state index in [1.807, 2.05) is 0 Å². The summed E-state index contributed by atoms with van der Waals surface area (Å²) in [7, 11) is -0.800. The SMILES string of the molecule is CN(C)S(=O)(=O)N(CC(=O)NC1CC1)c1ccccc1. The Balaban J connectivity index is 2.22. The van der Waals surface area contributed by atoms with E-state index in [-0.39, 0.29) is 18.5 Å². The summed E-state index contributed by atoms with van der Waals surface area (Å²) in [4.78, 5) is 11.9. The summed E-state index contributed by atoms with van der Waals surface area (Å²) in [5.41, 5.74) is 0.479. The number of benzene rings is 1. The molecule has 7 heteroatoms. The molecule has 1 aromatic rings. The maximum Gasteiger partial charge on any atom is 0.304 e. The fourth-order valence-corrected chi connectivity index (χ4v) is 2.79. The van der Waals surface area contributed by atoms with Gasteiger partial charge in [0.2, 0.25) is 5.91 Å². The van der Waals surface area contributed by atoms with Crippen LogP contribution in [0.25, 0.3) is 0 Å². The van der Waals surface area contributed by atoms with E-state index in [1.165, 1.54) is 14.1 Å². The summed E-state index contributed by atoms with van der Waals surface area (Å²) >= 11 is 0. The molecule has 0 aliphatic heterocycles. The van der Waals surface area contributed by atoms with E-state index < -0.39 is 10.2 Å². The molecular weight excluding hydrogens is 278 g/mol. The number of carbonyl (C=O) groups excluding carboxylic acids is 1. The molecule has 0 bridgehead atoms. The number of nitrogens with zero attached hydrogens (tertiary/aromatic N) is 2. The lowest BCUT2D eigenvalue weighted by Gasteiger charge is -2.26. The van der Waals surface area contributed by atoms with Gasteiger partial charge < -0.3 is 5.32 Å². The highest BCUT2D eigenvalue weighted by molar-refractivity contribution is 7.90. The highest BCUT2D eigenvalue weighted by Gasteiger charge is 2.29. The van der Waals surface area contributed by atoms with Gasteiger partial charge in [-0.05, 0) is 25.0 Å². The van der Waals surface area contributed by atoms with Gasteiger partial charge in [-0.2, -0.15) is 12.7 Å². The fourth-order valence-electron chi connectivity index (χ4n) is 1.73. The minimum atomic E-state index is -3.70. The van der Waals surface area contributed by atoms with E-state index in [1.54, 1.807) is 30.3 Å². The van der Waals surface area contributed by atoms with Crippen LogP contribution in [0.1, 0.15) is 12.8 Å². The number of amides is 1. The van der Waals surface area contributed by atoms with Crippen molar-refractivity contribution in [3.63, 3.8) is 0 Å². The van der Waals surface area contributed by atoms with E-state index in [4.69, 9.17) is 0 Å². The van der Waals surface area contributed by atoms with Crippen molar-refractivity contribution in [1.29, 1.82) is 0 Å². The molecule has 0 radical (unpaired) electrons. The van der Waals surface area contributed by atoms with Crippen LogP contribution >= 0.6 is 0 Å². The zero-order chi connectivity index (χ0) is 14.8. The molecule has 0 saturated heterocycles. The van der Waals surface area contributed by atoms with E-state index >= 15 is 0 Å². The molecule has 110 valence electrons. The molecular formula is C13H19N3O3S. The monoisotopic (exact) mass is 297 g/mol. The predicted molar refractivity (Wildman–Crippen MR) is 77.6 cm³/mol. The summed E-state index contributed by atoms with van der Waals surface area (Å²) in [6.07, 6.45) is 1.94. The van der Waals surface area contributed by atoms with Gasteiger partial charge in [0, 0.05) is 20.1 Å². The third-order valence-corrected chi connectivity index (χ3v) is 4.83. The van der Waals surface area contributed by atoms with Crippen molar-refractivity contribution in [2.45, 2.75) is 18.9 Å². The van der Waals surface area contributed by atoms with Crippen LogP contribution in [0.2, 0.25) is 0 Å². The molecule has 1 amide bonds. The molecule has 0 unspecified atom stereocenters. The van der Waals surface area contributed by atoms with Crippen molar-refractivity contribution >= 4 is 21.8 Å².